The molecule has 18 heavy (non-hydrogen) atoms. The maximum absolute atomic E-state index is 12.1. The number of Topliss-reactive ketones (excluding diaryl/α,β-unsaturated/α-hetero) is 1. The number of halogens is 4. The molecule has 0 N–H and O–H groups in total. The second-order valence-corrected chi connectivity index (χ2v) is 3.99. The van der Waals surface area contributed by atoms with E-state index in [2.05, 4.69) is 4.74 Å². The number of ketones is 1. The highest BCUT2D eigenvalue weighted by molar-refractivity contribution is 6.17. The Morgan fingerprint density at radius 3 is 2.50 bits per heavy atom. The third-order valence-corrected chi connectivity index (χ3v) is 2.47. The Morgan fingerprint density at radius 2 is 1.89 bits per heavy atom. The first-order valence-corrected chi connectivity index (χ1v) is 5.91. The Kier molecular flexibility index (Phi) is 5.47. The number of hydrogen-bond donors (Lipinski definition) is 0. The third kappa shape index (κ3) is 4.96. The minimum atomic E-state index is -4.80. The summed E-state index contributed by atoms with van der Waals surface area (Å²) in [6.07, 6.45) is -3.45. The minimum absolute atomic E-state index is 0.0515. The van der Waals surface area contributed by atoms with Crippen LogP contribution in [0.15, 0.2) is 24.3 Å². The first-order valence-electron chi connectivity index (χ1n) is 5.38. The van der Waals surface area contributed by atoms with Crippen LogP contribution in [0.4, 0.5) is 13.2 Å². The Labute approximate surface area is 108 Å². The summed E-state index contributed by atoms with van der Waals surface area (Å²) in [5, 5.41) is 0. The summed E-state index contributed by atoms with van der Waals surface area (Å²) in [7, 11) is 0. The van der Waals surface area contributed by atoms with Crippen LogP contribution in [0.5, 0.6) is 5.75 Å². The summed E-state index contributed by atoms with van der Waals surface area (Å²) in [5.74, 6) is -0.408. The number of ether oxygens (including phenoxy) is 1. The van der Waals surface area contributed by atoms with Crippen molar-refractivity contribution in [2.45, 2.75) is 25.6 Å². The van der Waals surface area contributed by atoms with Crippen molar-refractivity contribution in [3.05, 3.63) is 29.8 Å². The number of carbonyl (C=O) groups is 1. The molecular formula is C12H12ClF3O2. The van der Waals surface area contributed by atoms with Crippen LogP contribution in [0.2, 0.25) is 0 Å². The maximum Gasteiger partial charge on any atom is 0.573 e. The Morgan fingerprint density at radius 1 is 1.22 bits per heavy atom. The van der Waals surface area contributed by atoms with Crippen LogP contribution in [-0.2, 0) is 0 Å². The van der Waals surface area contributed by atoms with E-state index in [0.29, 0.717) is 18.7 Å². The van der Waals surface area contributed by atoms with Gasteiger partial charge in [0.25, 0.3) is 0 Å². The molecule has 6 heteroatoms. The summed E-state index contributed by atoms with van der Waals surface area (Å²) >= 11 is 5.46. The number of alkyl halides is 4. The lowest BCUT2D eigenvalue weighted by Crippen LogP contribution is -2.19. The van der Waals surface area contributed by atoms with Crippen LogP contribution in [0, 0.1) is 0 Å². The van der Waals surface area contributed by atoms with Gasteiger partial charge in [0.1, 0.15) is 5.75 Å². The van der Waals surface area contributed by atoms with Gasteiger partial charge in [-0.05, 0) is 25.0 Å². The molecule has 0 saturated carbocycles. The van der Waals surface area contributed by atoms with Crippen molar-refractivity contribution in [1.82, 2.24) is 0 Å². The molecule has 0 aliphatic carbocycles. The Hall–Kier alpha value is -1.23. The van der Waals surface area contributed by atoms with Gasteiger partial charge in [-0.25, -0.2) is 0 Å². The SMILES string of the molecule is O=C(CCCCCl)c1ccccc1OC(F)(F)F. The molecule has 0 heterocycles. The standard InChI is InChI=1S/C12H12ClF3O2/c13-8-4-3-6-10(17)9-5-1-2-7-11(9)18-12(14,15)16/h1-2,5,7H,3-4,6,8H2. The van der Waals surface area contributed by atoms with Gasteiger partial charge in [-0.15, -0.1) is 24.8 Å². The third-order valence-electron chi connectivity index (χ3n) is 2.20. The molecule has 0 unspecified atom stereocenters. The smallest absolute Gasteiger partial charge is 0.405 e. The van der Waals surface area contributed by atoms with Crippen molar-refractivity contribution < 1.29 is 22.7 Å². The molecule has 0 amide bonds. The van der Waals surface area contributed by atoms with E-state index < -0.39 is 12.1 Å². The quantitative estimate of drug-likeness (QED) is 0.444. The Bertz CT molecular complexity index is 405. The second kappa shape index (κ2) is 6.64. The second-order valence-electron chi connectivity index (χ2n) is 3.61. The lowest BCUT2D eigenvalue weighted by molar-refractivity contribution is -0.274. The predicted molar refractivity (Wildman–Crippen MR) is 62.0 cm³/mol. The topological polar surface area (TPSA) is 26.3 Å². The van der Waals surface area contributed by atoms with Gasteiger partial charge in [-0.2, -0.15) is 0 Å². The maximum atomic E-state index is 12.1. The minimum Gasteiger partial charge on any atom is -0.405 e. The molecule has 1 rings (SSSR count). The highest BCUT2D eigenvalue weighted by Crippen LogP contribution is 2.27. The number of hydrogen-bond acceptors (Lipinski definition) is 2. The van der Waals surface area contributed by atoms with Gasteiger partial charge in [0.2, 0.25) is 0 Å². The lowest BCUT2D eigenvalue weighted by atomic mass is 10.0. The normalized spacial score (nSPS) is 11.3. The fourth-order valence-corrected chi connectivity index (χ4v) is 1.61. The molecule has 2 nitrogen and oxygen atoms in total. The van der Waals surface area contributed by atoms with Crippen LogP contribution >= 0.6 is 11.6 Å². The van der Waals surface area contributed by atoms with Gasteiger partial charge in [-0.1, -0.05) is 12.1 Å². The van der Waals surface area contributed by atoms with E-state index in [9.17, 15) is 18.0 Å². The van der Waals surface area contributed by atoms with Crippen LogP contribution < -0.4 is 4.74 Å². The molecule has 1 aromatic rings. The van der Waals surface area contributed by atoms with Gasteiger partial charge in [0, 0.05) is 12.3 Å². The van der Waals surface area contributed by atoms with E-state index in [1.165, 1.54) is 18.2 Å². The fourth-order valence-electron chi connectivity index (χ4n) is 1.43. The van der Waals surface area contributed by atoms with Crippen molar-refractivity contribution in [2.24, 2.45) is 0 Å². The molecule has 100 valence electrons. The zero-order chi connectivity index (χ0) is 13.6. The van der Waals surface area contributed by atoms with Crippen molar-refractivity contribution >= 4 is 17.4 Å². The van der Waals surface area contributed by atoms with Gasteiger partial charge >= 0.3 is 6.36 Å². The van der Waals surface area contributed by atoms with E-state index in [1.54, 1.807) is 0 Å². The largest absolute Gasteiger partial charge is 0.573 e. The highest BCUT2D eigenvalue weighted by atomic mass is 35.5. The van der Waals surface area contributed by atoms with Gasteiger partial charge in [0.05, 0.1) is 5.56 Å². The van der Waals surface area contributed by atoms with E-state index in [-0.39, 0.29) is 17.8 Å². The number of unbranched alkanes of at least 4 members (excludes halogenated alkanes) is 1. The lowest BCUT2D eigenvalue weighted by Gasteiger charge is -2.12. The summed E-state index contributed by atoms with van der Waals surface area (Å²) < 4.78 is 40.2. The zero-order valence-electron chi connectivity index (χ0n) is 9.47. The van der Waals surface area contributed by atoms with Crippen molar-refractivity contribution in [3.8, 4) is 5.75 Å². The van der Waals surface area contributed by atoms with Gasteiger partial charge < -0.3 is 4.74 Å². The highest BCUT2D eigenvalue weighted by Gasteiger charge is 2.32. The van der Waals surface area contributed by atoms with Crippen LogP contribution in [0.3, 0.4) is 0 Å². The molecule has 0 aliphatic heterocycles. The summed E-state index contributed by atoms with van der Waals surface area (Å²) in [5.41, 5.74) is -0.0515. The fraction of sp³-hybridized carbons (Fsp3) is 0.417. The Balaban J connectivity index is 2.78. The monoisotopic (exact) mass is 280 g/mol. The van der Waals surface area contributed by atoms with Crippen molar-refractivity contribution in [1.29, 1.82) is 0 Å². The molecule has 0 aromatic heterocycles. The average Bonchev–Trinajstić information content (AvgIpc) is 2.27. The van der Waals surface area contributed by atoms with Crippen LogP contribution in [0.1, 0.15) is 29.6 Å². The summed E-state index contributed by atoms with van der Waals surface area (Å²) in [6, 6.07) is 5.33. The molecule has 0 saturated heterocycles. The number of rotatable bonds is 6. The van der Waals surface area contributed by atoms with Crippen LogP contribution in [0.25, 0.3) is 0 Å². The number of benzene rings is 1. The molecular weight excluding hydrogens is 269 g/mol. The van der Waals surface area contributed by atoms with E-state index >= 15 is 0 Å². The van der Waals surface area contributed by atoms with Gasteiger partial charge in [0.15, 0.2) is 5.78 Å². The zero-order valence-corrected chi connectivity index (χ0v) is 10.2. The van der Waals surface area contributed by atoms with Gasteiger partial charge in [-0.3, -0.25) is 4.79 Å². The van der Waals surface area contributed by atoms with Crippen LogP contribution in [-0.4, -0.2) is 18.0 Å². The van der Waals surface area contributed by atoms with Crippen molar-refractivity contribution in [3.63, 3.8) is 0 Å². The van der Waals surface area contributed by atoms with E-state index in [1.807, 2.05) is 0 Å². The van der Waals surface area contributed by atoms with E-state index in [4.69, 9.17) is 11.6 Å². The first-order chi connectivity index (χ1) is 8.44. The molecule has 0 bridgehead atoms. The summed E-state index contributed by atoms with van der Waals surface area (Å²) in [6.45, 7) is 0. The summed E-state index contributed by atoms with van der Waals surface area (Å²) in [4.78, 5) is 11.7. The molecule has 0 aliphatic rings. The molecule has 1 aromatic carbocycles. The average molecular weight is 281 g/mol. The molecule has 0 atom stereocenters. The molecule has 0 fully saturated rings. The number of carbonyl (C=O) groups excluding carboxylic acids is 1. The van der Waals surface area contributed by atoms with E-state index in [0.717, 1.165) is 6.07 Å². The van der Waals surface area contributed by atoms with Crippen molar-refractivity contribution in [2.75, 3.05) is 5.88 Å². The predicted octanol–water partition coefficient (Wildman–Crippen LogP) is 4.18. The first kappa shape index (κ1) is 14.8. The molecule has 0 spiro atoms. The molecule has 0 radical (unpaired) electrons. The number of para-hydroxylation sites is 1.